The number of sulfonamides is 1. The fraction of sp³-hybridized carbons (Fsp3) is 0.562. The van der Waals surface area contributed by atoms with Gasteiger partial charge < -0.3 is 9.57 Å². The average Bonchev–Trinajstić information content (AvgIpc) is 3.17. The predicted molar refractivity (Wildman–Crippen MR) is 87.9 cm³/mol. The van der Waals surface area contributed by atoms with Crippen LogP contribution in [0, 0.1) is 12.8 Å². The fourth-order valence-corrected chi connectivity index (χ4v) is 4.20. The minimum absolute atomic E-state index is 0.0939. The van der Waals surface area contributed by atoms with Crippen molar-refractivity contribution in [1.29, 1.82) is 0 Å². The molecule has 1 aromatic rings. The lowest BCUT2D eigenvalue weighted by molar-refractivity contribution is 0.0891. The summed E-state index contributed by atoms with van der Waals surface area (Å²) in [6, 6.07) is 8.06. The lowest BCUT2D eigenvalue weighted by Gasteiger charge is -2.12. The quantitative estimate of drug-likeness (QED) is 0.851. The van der Waals surface area contributed by atoms with Gasteiger partial charge in [0, 0.05) is 13.0 Å². The third-order valence-electron chi connectivity index (χ3n) is 4.13. The van der Waals surface area contributed by atoms with Crippen LogP contribution < -0.4 is 4.72 Å². The maximum absolute atomic E-state index is 12.1. The molecule has 1 saturated heterocycles. The molecule has 2 aliphatic rings. The zero-order valence-corrected chi connectivity index (χ0v) is 14.0. The molecule has 0 aliphatic carbocycles. The smallest absolute Gasteiger partial charge is 0.212 e. The molecule has 0 amide bonds. The second kappa shape index (κ2) is 6.98. The first-order valence-electron chi connectivity index (χ1n) is 7.87. The van der Waals surface area contributed by atoms with Crippen LogP contribution in [-0.2, 0) is 19.6 Å². The Morgan fingerprint density at radius 1 is 1.30 bits per heavy atom. The van der Waals surface area contributed by atoms with E-state index in [4.69, 9.17) is 9.57 Å². The number of nitrogens with zero attached hydrogens (tertiary/aromatic N) is 1. The van der Waals surface area contributed by atoms with Gasteiger partial charge in [-0.3, -0.25) is 0 Å². The van der Waals surface area contributed by atoms with Crippen LogP contribution in [-0.4, -0.2) is 45.7 Å². The minimum atomic E-state index is -3.30. The van der Waals surface area contributed by atoms with Gasteiger partial charge >= 0.3 is 0 Å². The lowest BCUT2D eigenvalue weighted by atomic mass is 10.0. The Bertz CT molecular complexity index is 664. The normalized spacial score (nSPS) is 24.5. The molecular formula is C16H22N2O4S. The van der Waals surface area contributed by atoms with Crippen molar-refractivity contribution in [3.63, 3.8) is 0 Å². The molecule has 1 fully saturated rings. The molecule has 0 aromatic heterocycles. The van der Waals surface area contributed by atoms with Crippen molar-refractivity contribution < 1.29 is 18.0 Å². The van der Waals surface area contributed by atoms with Crippen LogP contribution in [0.25, 0.3) is 0 Å². The highest BCUT2D eigenvalue weighted by molar-refractivity contribution is 7.89. The Kier molecular flexibility index (Phi) is 4.99. The van der Waals surface area contributed by atoms with Crippen LogP contribution in [0.5, 0.6) is 0 Å². The van der Waals surface area contributed by atoms with E-state index in [2.05, 4.69) is 9.88 Å². The minimum Gasteiger partial charge on any atom is -0.390 e. The highest BCUT2D eigenvalue weighted by Crippen LogP contribution is 2.18. The Morgan fingerprint density at radius 3 is 2.78 bits per heavy atom. The van der Waals surface area contributed by atoms with Crippen molar-refractivity contribution in [3.8, 4) is 0 Å². The van der Waals surface area contributed by atoms with Gasteiger partial charge in [-0.2, -0.15) is 0 Å². The maximum atomic E-state index is 12.1. The fourth-order valence-electron chi connectivity index (χ4n) is 2.76. The van der Waals surface area contributed by atoms with E-state index in [1.54, 1.807) is 0 Å². The monoisotopic (exact) mass is 338 g/mol. The summed E-state index contributed by atoms with van der Waals surface area (Å²) in [6.07, 6.45) is 1.17. The number of oxime groups is 1. The molecule has 0 bridgehead atoms. The summed E-state index contributed by atoms with van der Waals surface area (Å²) in [6.45, 7) is 3.46. The highest BCUT2D eigenvalue weighted by Gasteiger charge is 2.26. The van der Waals surface area contributed by atoms with Gasteiger partial charge in [0.15, 0.2) is 0 Å². The van der Waals surface area contributed by atoms with Crippen LogP contribution in [0.2, 0.25) is 0 Å². The summed E-state index contributed by atoms with van der Waals surface area (Å²) < 4.78 is 32.0. The van der Waals surface area contributed by atoms with E-state index in [0.29, 0.717) is 19.6 Å². The van der Waals surface area contributed by atoms with Crippen molar-refractivity contribution >= 4 is 15.7 Å². The Labute approximate surface area is 136 Å². The maximum Gasteiger partial charge on any atom is 0.212 e. The third-order valence-corrected chi connectivity index (χ3v) is 5.64. The van der Waals surface area contributed by atoms with Crippen molar-refractivity contribution in [1.82, 2.24) is 4.72 Å². The third kappa shape index (κ3) is 4.53. The number of rotatable bonds is 6. The molecule has 23 heavy (non-hydrogen) atoms. The molecule has 1 aromatic carbocycles. The van der Waals surface area contributed by atoms with Gasteiger partial charge in [0.1, 0.15) is 6.10 Å². The van der Waals surface area contributed by atoms with E-state index in [-0.39, 0.29) is 24.3 Å². The van der Waals surface area contributed by atoms with Crippen LogP contribution in [0.15, 0.2) is 29.4 Å². The highest BCUT2D eigenvalue weighted by atomic mass is 32.2. The van der Waals surface area contributed by atoms with Crippen LogP contribution in [0.4, 0.5) is 0 Å². The zero-order valence-electron chi connectivity index (χ0n) is 13.2. The van der Waals surface area contributed by atoms with Gasteiger partial charge in [-0.25, -0.2) is 13.1 Å². The van der Waals surface area contributed by atoms with Crippen molar-refractivity contribution in [2.24, 2.45) is 11.1 Å². The van der Waals surface area contributed by atoms with E-state index in [1.165, 1.54) is 5.56 Å². The largest absolute Gasteiger partial charge is 0.390 e. The summed E-state index contributed by atoms with van der Waals surface area (Å²) >= 11 is 0. The van der Waals surface area contributed by atoms with Gasteiger partial charge in [-0.15, -0.1) is 0 Å². The zero-order chi connectivity index (χ0) is 16.3. The summed E-state index contributed by atoms with van der Waals surface area (Å²) in [5, 5.41) is 4.08. The number of nitrogens with one attached hydrogen (secondary N) is 1. The second-order valence-electron chi connectivity index (χ2n) is 6.20. The van der Waals surface area contributed by atoms with Crippen molar-refractivity contribution in [2.75, 3.05) is 25.5 Å². The first-order valence-corrected chi connectivity index (χ1v) is 9.52. The van der Waals surface area contributed by atoms with Gasteiger partial charge in [-0.05, 0) is 24.8 Å². The summed E-state index contributed by atoms with van der Waals surface area (Å²) in [7, 11) is -3.30. The Hall–Kier alpha value is -1.44. The molecule has 6 nitrogen and oxygen atoms in total. The molecule has 0 radical (unpaired) electrons. The van der Waals surface area contributed by atoms with Gasteiger partial charge in [0.05, 0.1) is 24.6 Å². The van der Waals surface area contributed by atoms with E-state index in [1.807, 2.05) is 31.2 Å². The van der Waals surface area contributed by atoms with E-state index in [9.17, 15) is 8.42 Å². The lowest BCUT2D eigenvalue weighted by Crippen LogP contribution is -2.35. The molecule has 3 rings (SSSR count). The molecule has 2 atom stereocenters. The van der Waals surface area contributed by atoms with Crippen molar-refractivity contribution in [3.05, 3.63) is 35.4 Å². The number of ether oxygens (including phenoxy) is 1. The van der Waals surface area contributed by atoms with Crippen LogP contribution in [0.1, 0.15) is 24.0 Å². The van der Waals surface area contributed by atoms with E-state index >= 15 is 0 Å². The first-order chi connectivity index (χ1) is 11.0. The van der Waals surface area contributed by atoms with E-state index in [0.717, 1.165) is 17.7 Å². The number of benzene rings is 1. The molecular weight excluding hydrogens is 316 g/mol. The molecule has 7 heteroatoms. The number of aryl methyl sites for hydroxylation is 1. The van der Waals surface area contributed by atoms with Gasteiger partial charge in [0.25, 0.3) is 0 Å². The molecule has 2 heterocycles. The summed E-state index contributed by atoms with van der Waals surface area (Å²) in [5.41, 5.74) is 3.07. The summed E-state index contributed by atoms with van der Waals surface area (Å²) in [4.78, 5) is 5.35. The predicted octanol–water partition coefficient (Wildman–Crippen LogP) is 1.44. The van der Waals surface area contributed by atoms with Crippen LogP contribution in [0.3, 0.4) is 0 Å². The Balaban J connectivity index is 1.48. The SMILES string of the molecule is Cc1ccc(C2=NOC(CNS(=O)(=O)CC3CCOC3)C2)cc1. The van der Waals surface area contributed by atoms with Crippen molar-refractivity contribution in [2.45, 2.75) is 25.9 Å². The van der Waals surface area contributed by atoms with Gasteiger partial charge in [-0.1, -0.05) is 35.0 Å². The first kappa shape index (κ1) is 16.4. The van der Waals surface area contributed by atoms with Crippen LogP contribution >= 0.6 is 0 Å². The second-order valence-corrected chi connectivity index (χ2v) is 8.05. The summed E-state index contributed by atoms with van der Waals surface area (Å²) in [5.74, 6) is 0.210. The number of hydrogen-bond donors (Lipinski definition) is 1. The number of hydrogen-bond acceptors (Lipinski definition) is 5. The molecule has 126 valence electrons. The molecule has 0 spiro atoms. The molecule has 1 N–H and O–H groups in total. The average molecular weight is 338 g/mol. The van der Waals surface area contributed by atoms with Gasteiger partial charge in [0.2, 0.25) is 10.0 Å². The standard InChI is InChI=1S/C16H22N2O4S/c1-12-2-4-14(5-3-12)16-8-15(22-18-16)9-17-23(19,20)11-13-6-7-21-10-13/h2-5,13,15,17H,6-11H2,1H3. The Morgan fingerprint density at radius 2 is 2.09 bits per heavy atom. The molecule has 2 unspecified atom stereocenters. The molecule has 0 saturated carbocycles. The topological polar surface area (TPSA) is 77.0 Å². The molecule has 2 aliphatic heterocycles. The van der Waals surface area contributed by atoms with E-state index < -0.39 is 10.0 Å².